The summed E-state index contributed by atoms with van der Waals surface area (Å²) in [4.78, 5) is 0. The minimum absolute atomic E-state index is 0.301. The van der Waals surface area contributed by atoms with Gasteiger partial charge in [-0.25, -0.2) is 0 Å². The Hall–Kier alpha value is -1.12. The van der Waals surface area contributed by atoms with Gasteiger partial charge in [0.2, 0.25) is 0 Å². The Morgan fingerprint density at radius 1 is 0.722 bits per heavy atom. The van der Waals surface area contributed by atoms with Gasteiger partial charge in [-0.3, -0.25) is 0 Å². The van der Waals surface area contributed by atoms with Gasteiger partial charge in [0.1, 0.15) is 0 Å². The molecule has 0 aliphatic heterocycles. The predicted molar refractivity (Wildman–Crippen MR) is 82.3 cm³/mol. The molecule has 0 bridgehead atoms. The summed E-state index contributed by atoms with van der Waals surface area (Å²) < 4.78 is 1.67. The molecule has 0 aliphatic carbocycles. The molecule has 0 spiro atoms. The van der Waals surface area contributed by atoms with Crippen molar-refractivity contribution in [1.29, 1.82) is 0 Å². The van der Waals surface area contributed by atoms with E-state index in [1.165, 1.54) is 0 Å². The van der Waals surface area contributed by atoms with E-state index in [0.29, 0.717) is 12.1 Å². The SMILES string of the molecule is C=CC[N+](C)(C)C(C=C)C(C=C)[N+](C)(C)CC=C. The average Bonchev–Trinajstić information content (AvgIpc) is 2.24. The summed E-state index contributed by atoms with van der Waals surface area (Å²) in [6, 6.07) is 0.603. The molecule has 0 saturated heterocycles. The van der Waals surface area contributed by atoms with Gasteiger partial charge < -0.3 is 8.97 Å². The number of rotatable bonds is 9. The first-order valence-corrected chi connectivity index (χ1v) is 6.39. The molecule has 18 heavy (non-hydrogen) atoms. The van der Waals surface area contributed by atoms with Gasteiger partial charge in [0.15, 0.2) is 12.1 Å². The van der Waals surface area contributed by atoms with Gasteiger partial charge in [-0.2, -0.15) is 0 Å². The standard InChI is InChI=1S/C16H30N2/c1-9-13-17(5,6)15(11-3)16(12-4)18(7,8)14-10-2/h9-12,15-16H,1-4,13-14H2,5-8H3/q+2. The van der Waals surface area contributed by atoms with Gasteiger partial charge in [0.05, 0.1) is 41.3 Å². The third-order valence-electron chi connectivity index (χ3n) is 3.65. The van der Waals surface area contributed by atoms with Crippen LogP contribution in [0.15, 0.2) is 50.6 Å². The number of hydrogen-bond acceptors (Lipinski definition) is 0. The highest BCUT2D eigenvalue weighted by molar-refractivity contribution is 4.97. The first-order chi connectivity index (χ1) is 8.26. The van der Waals surface area contributed by atoms with E-state index in [-0.39, 0.29) is 0 Å². The Morgan fingerprint density at radius 2 is 1.00 bits per heavy atom. The summed E-state index contributed by atoms with van der Waals surface area (Å²) >= 11 is 0. The highest BCUT2D eigenvalue weighted by Gasteiger charge is 2.40. The second-order valence-electron chi connectivity index (χ2n) is 5.95. The third-order valence-corrected chi connectivity index (χ3v) is 3.65. The van der Waals surface area contributed by atoms with Crippen LogP contribution in [0.2, 0.25) is 0 Å². The zero-order chi connectivity index (χ0) is 14.4. The summed E-state index contributed by atoms with van der Waals surface area (Å²) in [5.41, 5.74) is 0. The summed E-state index contributed by atoms with van der Waals surface area (Å²) in [5, 5.41) is 0. The zero-order valence-electron chi connectivity index (χ0n) is 12.6. The first-order valence-electron chi connectivity index (χ1n) is 6.39. The fourth-order valence-corrected chi connectivity index (χ4v) is 2.59. The molecule has 0 heterocycles. The van der Waals surface area contributed by atoms with Crippen molar-refractivity contribution in [3.8, 4) is 0 Å². The van der Waals surface area contributed by atoms with Crippen LogP contribution in [-0.2, 0) is 0 Å². The van der Waals surface area contributed by atoms with E-state index in [1.54, 1.807) is 0 Å². The molecule has 2 unspecified atom stereocenters. The zero-order valence-corrected chi connectivity index (χ0v) is 12.6. The average molecular weight is 250 g/mol. The van der Waals surface area contributed by atoms with E-state index in [4.69, 9.17) is 0 Å². The lowest BCUT2D eigenvalue weighted by molar-refractivity contribution is -0.967. The summed E-state index contributed by atoms with van der Waals surface area (Å²) in [5.74, 6) is 0. The highest BCUT2D eigenvalue weighted by atomic mass is 15.4. The quantitative estimate of drug-likeness (QED) is 0.436. The molecule has 0 fully saturated rings. The van der Waals surface area contributed by atoms with E-state index in [2.05, 4.69) is 54.5 Å². The molecule has 0 aromatic heterocycles. The number of hydrogen-bond donors (Lipinski definition) is 0. The van der Waals surface area contributed by atoms with Crippen LogP contribution in [0, 0.1) is 0 Å². The molecule has 2 heteroatoms. The molecule has 0 saturated carbocycles. The van der Waals surface area contributed by atoms with Gasteiger partial charge in [-0.05, 0) is 24.3 Å². The number of nitrogens with zero attached hydrogens (tertiary/aromatic N) is 2. The highest BCUT2D eigenvalue weighted by Crippen LogP contribution is 2.21. The third kappa shape index (κ3) is 3.97. The summed E-state index contributed by atoms with van der Waals surface area (Å²) in [6.45, 7) is 17.6. The van der Waals surface area contributed by atoms with Crippen LogP contribution in [-0.4, -0.2) is 62.3 Å². The monoisotopic (exact) mass is 250 g/mol. The van der Waals surface area contributed by atoms with Crippen molar-refractivity contribution in [2.75, 3.05) is 41.3 Å². The molecule has 0 aliphatic rings. The first kappa shape index (κ1) is 16.9. The van der Waals surface area contributed by atoms with Gasteiger partial charge >= 0.3 is 0 Å². The van der Waals surface area contributed by atoms with Crippen molar-refractivity contribution < 1.29 is 8.97 Å². The van der Waals surface area contributed by atoms with E-state index in [1.807, 2.05) is 24.3 Å². The molecule has 2 atom stereocenters. The van der Waals surface area contributed by atoms with Gasteiger partial charge in [-0.1, -0.05) is 26.3 Å². The van der Waals surface area contributed by atoms with Crippen LogP contribution in [0.5, 0.6) is 0 Å². The maximum Gasteiger partial charge on any atom is 0.164 e. The van der Waals surface area contributed by atoms with E-state index < -0.39 is 0 Å². The molecule has 0 N–H and O–H groups in total. The fraction of sp³-hybridized carbons (Fsp3) is 0.500. The Morgan fingerprint density at radius 3 is 1.17 bits per heavy atom. The minimum Gasteiger partial charge on any atom is -0.314 e. The molecule has 0 radical (unpaired) electrons. The van der Waals surface area contributed by atoms with Crippen LogP contribution in [0.1, 0.15) is 0 Å². The van der Waals surface area contributed by atoms with Crippen molar-refractivity contribution in [1.82, 2.24) is 0 Å². The largest absolute Gasteiger partial charge is 0.314 e. The van der Waals surface area contributed by atoms with Crippen LogP contribution in [0.3, 0.4) is 0 Å². The van der Waals surface area contributed by atoms with Crippen molar-refractivity contribution in [3.63, 3.8) is 0 Å². The topological polar surface area (TPSA) is 0 Å². The second-order valence-corrected chi connectivity index (χ2v) is 5.95. The van der Waals surface area contributed by atoms with Crippen LogP contribution in [0.25, 0.3) is 0 Å². The Labute approximate surface area is 113 Å². The van der Waals surface area contributed by atoms with Crippen LogP contribution >= 0.6 is 0 Å². The molecular formula is C16H30N2+2. The lowest BCUT2D eigenvalue weighted by atomic mass is 10.0. The maximum atomic E-state index is 4.02. The lowest BCUT2D eigenvalue weighted by Gasteiger charge is -2.45. The Bertz CT molecular complexity index is 281. The van der Waals surface area contributed by atoms with Crippen molar-refractivity contribution in [2.24, 2.45) is 0 Å². The van der Waals surface area contributed by atoms with Gasteiger partial charge in [0.25, 0.3) is 0 Å². The smallest absolute Gasteiger partial charge is 0.164 e. The minimum atomic E-state index is 0.301. The van der Waals surface area contributed by atoms with Gasteiger partial charge in [0, 0.05) is 0 Å². The van der Waals surface area contributed by atoms with Gasteiger partial charge in [-0.15, -0.1) is 0 Å². The van der Waals surface area contributed by atoms with E-state index >= 15 is 0 Å². The number of quaternary nitrogens is 2. The Balaban J connectivity index is 5.34. The predicted octanol–water partition coefficient (Wildman–Crippen LogP) is 2.62. The summed E-state index contributed by atoms with van der Waals surface area (Å²) in [7, 11) is 8.83. The maximum absolute atomic E-state index is 4.02. The van der Waals surface area contributed by atoms with E-state index in [0.717, 1.165) is 22.1 Å². The molecule has 0 aromatic carbocycles. The molecule has 0 aromatic rings. The second kappa shape index (κ2) is 6.72. The summed E-state index contributed by atoms with van der Waals surface area (Å²) in [6.07, 6.45) is 8.01. The van der Waals surface area contributed by atoms with E-state index in [9.17, 15) is 0 Å². The molecule has 2 nitrogen and oxygen atoms in total. The number of likely N-dealkylation sites (N-methyl/N-ethyl adjacent to an activating group) is 2. The lowest BCUT2D eigenvalue weighted by Crippen LogP contribution is -2.62. The molecule has 102 valence electrons. The molecule has 0 amide bonds. The molecular weight excluding hydrogens is 220 g/mol. The van der Waals surface area contributed by atoms with Crippen molar-refractivity contribution in [2.45, 2.75) is 12.1 Å². The van der Waals surface area contributed by atoms with Crippen LogP contribution in [0.4, 0.5) is 0 Å². The normalized spacial score (nSPS) is 15.6. The molecule has 0 rings (SSSR count). The Kier molecular flexibility index (Phi) is 6.30. The fourth-order valence-electron chi connectivity index (χ4n) is 2.59. The van der Waals surface area contributed by atoms with Crippen molar-refractivity contribution >= 4 is 0 Å². The van der Waals surface area contributed by atoms with Crippen LogP contribution < -0.4 is 0 Å². The van der Waals surface area contributed by atoms with Crippen molar-refractivity contribution in [3.05, 3.63) is 50.6 Å².